The summed E-state index contributed by atoms with van der Waals surface area (Å²) >= 11 is 6.71. The number of halogens is 1. The smallest absolute Gasteiger partial charge is 0.294 e. The molecule has 1 N–H and O–H groups in total. The van der Waals surface area contributed by atoms with Crippen LogP contribution in [0.1, 0.15) is 11.1 Å². The number of benzene rings is 3. The fourth-order valence-electron chi connectivity index (χ4n) is 3.15. The molecule has 0 unspecified atom stereocenters. The Kier molecular flexibility index (Phi) is 7.12. The minimum absolute atomic E-state index is 0.228. The van der Waals surface area contributed by atoms with Crippen molar-refractivity contribution in [3.8, 4) is 5.75 Å². The van der Waals surface area contributed by atoms with Crippen LogP contribution < -0.4 is 10.1 Å². The third-order valence-electron chi connectivity index (χ3n) is 4.73. The molecule has 3 amide bonds. The van der Waals surface area contributed by atoms with Crippen molar-refractivity contribution < 1.29 is 19.1 Å². The van der Waals surface area contributed by atoms with E-state index in [1.807, 2.05) is 42.5 Å². The number of thioether (sulfide) groups is 1. The molecular formula is C25H19ClN2O4S. The van der Waals surface area contributed by atoms with Gasteiger partial charge in [0.1, 0.15) is 18.9 Å². The van der Waals surface area contributed by atoms with Gasteiger partial charge >= 0.3 is 0 Å². The lowest BCUT2D eigenvalue weighted by Crippen LogP contribution is -2.36. The highest BCUT2D eigenvalue weighted by Gasteiger charge is 2.36. The summed E-state index contributed by atoms with van der Waals surface area (Å²) in [7, 11) is 0. The number of ether oxygens (including phenoxy) is 1. The SMILES string of the molecule is O=C(CN1C(=O)S/C(=C/c2ccccc2OCc2ccccc2)C1=O)Nc1cccc(Cl)c1. The lowest BCUT2D eigenvalue weighted by atomic mass is 10.1. The molecule has 166 valence electrons. The summed E-state index contributed by atoms with van der Waals surface area (Å²) in [6.07, 6.45) is 1.61. The lowest BCUT2D eigenvalue weighted by Gasteiger charge is -2.12. The van der Waals surface area contributed by atoms with E-state index >= 15 is 0 Å². The summed E-state index contributed by atoms with van der Waals surface area (Å²) in [6, 6.07) is 23.6. The maximum Gasteiger partial charge on any atom is 0.294 e. The Morgan fingerprint density at radius 1 is 1.00 bits per heavy atom. The number of nitrogens with zero attached hydrogens (tertiary/aromatic N) is 1. The first-order chi connectivity index (χ1) is 16.0. The van der Waals surface area contributed by atoms with Gasteiger partial charge in [0.25, 0.3) is 11.1 Å². The topological polar surface area (TPSA) is 75.7 Å². The molecule has 3 aromatic carbocycles. The lowest BCUT2D eigenvalue weighted by molar-refractivity contribution is -0.127. The molecule has 4 rings (SSSR count). The standard InChI is InChI=1S/C25H19ClN2O4S/c26-19-10-6-11-20(14-19)27-23(29)15-28-24(30)22(33-25(28)31)13-18-9-4-5-12-21(18)32-16-17-7-2-1-3-8-17/h1-14H,15-16H2,(H,27,29)/b22-13+. The van der Waals surface area contributed by atoms with Gasteiger partial charge in [-0.1, -0.05) is 66.2 Å². The van der Waals surface area contributed by atoms with Crippen molar-refractivity contribution in [2.75, 3.05) is 11.9 Å². The Hall–Kier alpha value is -3.55. The summed E-state index contributed by atoms with van der Waals surface area (Å²) in [5.74, 6) is -0.427. The number of hydrogen-bond donors (Lipinski definition) is 1. The number of para-hydroxylation sites is 1. The molecular weight excluding hydrogens is 460 g/mol. The molecule has 6 nitrogen and oxygen atoms in total. The molecule has 1 heterocycles. The highest BCUT2D eigenvalue weighted by molar-refractivity contribution is 8.18. The number of carbonyl (C=O) groups is 3. The van der Waals surface area contributed by atoms with Gasteiger partial charge in [0, 0.05) is 16.3 Å². The summed E-state index contributed by atoms with van der Waals surface area (Å²) < 4.78 is 5.92. The van der Waals surface area contributed by atoms with Gasteiger partial charge in [0.15, 0.2) is 0 Å². The molecule has 1 fully saturated rings. The van der Waals surface area contributed by atoms with E-state index in [0.29, 0.717) is 28.6 Å². The van der Waals surface area contributed by atoms with Crippen molar-refractivity contribution in [3.63, 3.8) is 0 Å². The molecule has 1 aliphatic rings. The van der Waals surface area contributed by atoms with Gasteiger partial charge in [-0.25, -0.2) is 0 Å². The first-order valence-corrected chi connectivity index (χ1v) is 11.3. The van der Waals surface area contributed by atoms with Gasteiger partial charge in [-0.15, -0.1) is 0 Å². The Morgan fingerprint density at radius 3 is 2.55 bits per heavy atom. The second-order valence-corrected chi connectivity index (χ2v) is 8.57. The first-order valence-electron chi connectivity index (χ1n) is 10.1. The van der Waals surface area contributed by atoms with E-state index < -0.39 is 17.1 Å². The van der Waals surface area contributed by atoms with Gasteiger partial charge < -0.3 is 10.1 Å². The number of rotatable bonds is 7. The second kappa shape index (κ2) is 10.4. The third-order valence-corrected chi connectivity index (χ3v) is 5.87. The van der Waals surface area contributed by atoms with Gasteiger partial charge in [0.05, 0.1) is 4.91 Å². The molecule has 8 heteroatoms. The number of anilines is 1. The molecule has 0 bridgehead atoms. The van der Waals surface area contributed by atoms with Crippen LogP contribution in [0.4, 0.5) is 10.5 Å². The average Bonchev–Trinajstić information content (AvgIpc) is 3.06. The Labute approximate surface area is 200 Å². The maximum atomic E-state index is 12.8. The highest BCUT2D eigenvalue weighted by atomic mass is 35.5. The van der Waals surface area contributed by atoms with Crippen molar-refractivity contribution in [3.05, 3.63) is 99.9 Å². The molecule has 0 aromatic heterocycles. The van der Waals surface area contributed by atoms with E-state index in [0.717, 1.165) is 22.2 Å². The van der Waals surface area contributed by atoms with E-state index in [1.54, 1.807) is 42.5 Å². The van der Waals surface area contributed by atoms with Crippen LogP contribution >= 0.6 is 23.4 Å². The number of hydrogen-bond acceptors (Lipinski definition) is 5. The summed E-state index contributed by atoms with van der Waals surface area (Å²) in [5, 5.41) is 2.60. The molecule has 0 aliphatic carbocycles. The fraction of sp³-hybridized carbons (Fsp3) is 0.0800. The number of amides is 3. The van der Waals surface area contributed by atoms with Gasteiger partial charge in [-0.3, -0.25) is 19.3 Å². The van der Waals surface area contributed by atoms with Crippen molar-refractivity contribution >= 4 is 52.2 Å². The summed E-state index contributed by atoms with van der Waals surface area (Å²) in [4.78, 5) is 38.8. The molecule has 0 spiro atoms. The van der Waals surface area contributed by atoms with Crippen LogP contribution in [0.5, 0.6) is 5.75 Å². The molecule has 0 radical (unpaired) electrons. The molecule has 1 aliphatic heterocycles. The van der Waals surface area contributed by atoms with Crippen LogP contribution in [0, 0.1) is 0 Å². The molecule has 3 aromatic rings. The average molecular weight is 479 g/mol. The fourth-order valence-corrected chi connectivity index (χ4v) is 4.17. The Balaban J connectivity index is 1.45. The van der Waals surface area contributed by atoms with Crippen LogP contribution in [0.15, 0.2) is 83.8 Å². The van der Waals surface area contributed by atoms with Crippen molar-refractivity contribution in [2.45, 2.75) is 6.61 Å². The normalized spacial score (nSPS) is 14.6. The van der Waals surface area contributed by atoms with E-state index in [1.165, 1.54) is 0 Å². The zero-order valence-electron chi connectivity index (χ0n) is 17.4. The van der Waals surface area contributed by atoms with Crippen LogP contribution in [-0.2, 0) is 16.2 Å². The largest absolute Gasteiger partial charge is 0.488 e. The van der Waals surface area contributed by atoms with Crippen LogP contribution in [0.3, 0.4) is 0 Å². The van der Waals surface area contributed by atoms with Gasteiger partial charge in [-0.2, -0.15) is 0 Å². The minimum atomic E-state index is -0.524. The minimum Gasteiger partial charge on any atom is -0.488 e. The summed E-state index contributed by atoms with van der Waals surface area (Å²) in [6.45, 7) is -0.0163. The zero-order valence-corrected chi connectivity index (χ0v) is 18.9. The molecule has 0 atom stereocenters. The maximum absolute atomic E-state index is 12.8. The number of carbonyl (C=O) groups excluding carboxylic acids is 3. The van der Waals surface area contributed by atoms with E-state index in [2.05, 4.69) is 5.32 Å². The predicted molar refractivity (Wildman–Crippen MR) is 130 cm³/mol. The van der Waals surface area contributed by atoms with E-state index in [4.69, 9.17) is 16.3 Å². The van der Waals surface area contributed by atoms with E-state index in [9.17, 15) is 14.4 Å². The zero-order chi connectivity index (χ0) is 23.2. The predicted octanol–water partition coefficient (Wildman–Crippen LogP) is 5.59. The first kappa shape index (κ1) is 22.6. The van der Waals surface area contributed by atoms with Crippen LogP contribution in [-0.4, -0.2) is 28.5 Å². The molecule has 1 saturated heterocycles. The van der Waals surface area contributed by atoms with Crippen molar-refractivity contribution in [1.29, 1.82) is 0 Å². The quantitative estimate of drug-likeness (QED) is 0.448. The Bertz CT molecular complexity index is 1230. The number of imide groups is 1. The molecule has 33 heavy (non-hydrogen) atoms. The van der Waals surface area contributed by atoms with Crippen molar-refractivity contribution in [1.82, 2.24) is 4.90 Å². The monoisotopic (exact) mass is 478 g/mol. The highest BCUT2D eigenvalue weighted by Crippen LogP contribution is 2.34. The van der Waals surface area contributed by atoms with Crippen LogP contribution in [0.2, 0.25) is 5.02 Å². The summed E-state index contributed by atoms with van der Waals surface area (Å²) in [5.41, 5.74) is 2.17. The third kappa shape index (κ3) is 5.83. The van der Waals surface area contributed by atoms with Crippen molar-refractivity contribution in [2.24, 2.45) is 0 Å². The number of nitrogens with one attached hydrogen (secondary N) is 1. The van der Waals surface area contributed by atoms with Gasteiger partial charge in [-0.05, 0) is 47.7 Å². The Morgan fingerprint density at radius 2 is 1.76 bits per heavy atom. The molecule has 0 saturated carbocycles. The van der Waals surface area contributed by atoms with Gasteiger partial charge in [0.2, 0.25) is 5.91 Å². The van der Waals surface area contributed by atoms with Crippen LogP contribution in [0.25, 0.3) is 6.08 Å². The van der Waals surface area contributed by atoms with E-state index in [-0.39, 0.29) is 11.4 Å². The second-order valence-electron chi connectivity index (χ2n) is 7.14.